The van der Waals surface area contributed by atoms with Crippen molar-refractivity contribution in [1.82, 2.24) is 4.90 Å². The van der Waals surface area contributed by atoms with Crippen LogP contribution in [0.15, 0.2) is 30.3 Å². The molecule has 0 bridgehead atoms. The highest BCUT2D eigenvalue weighted by atomic mass is 16.6. The van der Waals surface area contributed by atoms with E-state index in [1.54, 1.807) is 0 Å². The number of hydrogen-bond donors (Lipinski definition) is 0. The highest BCUT2D eigenvalue weighted by Gasteiger charge is 2.29. The summed E-state index contributed by atoms with van der Waals surface area (Å²) in [6.45, 7) is 5.60. The molecule has 1 aromatic rings. The smallest absolute Gasteiger partial charge is 0.328 e. The summed E-state index contributed by atoms with van der Waals surface area (Å²) in [7, 11) is 0. The SMILES string of the molecule is CCCCOCCOC(=O)[C@H](c1ccccc1)N1CCCCC1. The molecule has 1 fully saturated rings. The van der Waals surface area contributed by atoms with Crippen LogP contribution in [0.4, 0.5) is 0 Å². The van der Waals surface area contributed by atoms with Crippen LogP contribution >= 0.6 is 0 Å². The number of unbranched alkanes of at least 4 members (excludes halogenated alkanes) is 1. The van der Waals surface area contributed by atoms with Gasteiger partial charge in [-0.05, 0) is 37.9 Å². The lowest BCUT2D eigenvalue weighted by Gasteiger charge is -2.33. The number of hydrogen-bond acceptors (Lipinski definition) is 4. The van der Waals surface area contributed by atoms with Gasteiger partial charge in [-0.15, -0.1) is 0 Å². The summed E-state index contributed by atoms with van der Waals surface area (Å²) in [6.07, 6.45) is 5.71. The van der Waals surface area contributed by atoms with Gasteiger partial charge in [0, 0.05) is 6.61 Å². The predicted octanol–water partition coefficient (Wildman–Crippen LogP) is 3.57. The van der Waals surface area contributed by atoms with Gasteiger partial charge in [0.15, 0.2) is 0 Å². The van der Waals surface area contributed by atoms with Crippen LogP contribution in [0.3, 0.4) is 0 Å². The second-order valence-electron chi connectivity index (χ2n) is 6.04. The molecule has 0 radical (unpaired) electrons. The summed E-state index contributed by atoms with van der Waals surface area (Å²) < 4.78 is 11.0. The molecule has 1 saturated heterocycles. The van der Waals surface area contributed by atoms with Gasteiger partial charge in [0.25, 0.3) is 0 Å². The molecule has 1 atom stereocenters. The third-order valence-electron chi connectivity index (χ3n) is 4.21. The Labute approximate surface area is 139 Å². The summed E-state index contributed by atoms with van der Waals surface area (Å²) >= 11 is 0. The minimum Gasteiger partial charge on any atom is -0.462 e. The maximum atomic E-state index is 12.6. The van der Waals surface area contributed by atoms with Crippen LogP contribution in [0.2, 0.25) is 0 Å². The Hall–Kier alpha value is -1.39. The molecule has 128 valence electrons. The first kappa shape index (κ1) is 18.0. The van der Waals surface area contributed by atoms with Crippen molar-refractivity contribution >= 4 is 5.97 Å². The third-order valence-corrected chi connectivity index (χ3v) is 4.21. The Balaban J connectivity index is 1.89. The standard InChI is InChI=1S/C19H29NO3/c1-2-3-14-22-15-16-23-19(21)18(17-10-6-4-7-11-17)20-12-8-5-9-13-20/h4,6-7,10-11,18H,2-3,5,8-9,12-16H2,1H3/t18-/m0/s1. The van der Waals surface area contributed by atoms with E-state index in [2.05, 4.69) is 11.8 Å². The van der Waals surface area contributed by atoms with Crippen molar-refractivity contribution in [2.75, 3.05) is 32.9 Å². The Kier molecular flexibility index (Phi) is 8.12. The second kappa shape index (κ2) is 10.4. The predicted molar refractivity (Wildman–Crippen MR) is 91.3 cm³/mol. The summed E-state index contributed by atoms with van der Waals surface area (Å²) in [5.74, 6) is -0.155. The van der Waals surface area contributed by atoms with Crippen LogP contribution in [-0.2, 0) is 14.3 Å². The van der Waals surface area contributed by atoms with Crippen molar-refractivity contribution in [2.24, 2.45) is 0 Å². The molecule has 0 aromatic heterocycles. The highest BCUT2D eigenvalue weighted by Crippen LogP contribution is 2.25. The number of carbonyl (C=O) groups excluding carboxylic acids is 1. The first-order chi connectivity index (χ1) is 11.3. The van der Waals surface area contributed by atoms with Gasteiger partial charge in [0.2, 0.25) is 0 Å². The molecule has 1 heterocycles. The van der Waals surface area contributed by atoms with E-state index in [0.717, 1.165) is 50.9 Å². The van der Waals surface area contributed by atoms with Gasteiger partial charge in [0.1, 0.15) is 12.6 Å². The van der Waals surface area contributed by atoms with Gasteiger partial charge >= 0.3 is 5.97 Å². The lowest BCUT2D eigenvalue weighted by Crippen LogP contribution is -2.39. The van der Waals surface area contributed by atoms with Crippen molar-refractivity contribution in [3.8, 4) is 0 Å². The highest BCUT2D eigenvalue weighted by molar-refractivity contribution is 5.77. The van der Waals surface area contributed by atoms with Gasteiger partial charge < -0.3 is 9.47 Å². The Morgan fingerprint density at radius 1 is 1.09 bits per heavy atom. The Morgan fingerprint density at radius 3 is 2.52 bits per heavy atom. The van der Waals surface area contributed by atoms with E-state index in [1.807, 2.05) is 30.3 Å². The topological polar surface area (TPSA) is 38.8 Å². The molecule has 0 N–H and O–H groups in total. The summed E-state index contributed by atoms with van der Waals surface area (Å²) in [5.41, 5.74) is 1.02. The van der Waals surface area contributed by atoms with E-state index in [0.29, 0.717) is 13.2 Å². The number of esters is 1. The number of rotatable bonds is 9. The van der Waals surface area contributed by atoms with Crippen molar-refractivity contribution in [3.05, 3.63) is 35.9 Å². The molecule has 2 rings (SSSR count). The number of ether oxygens (including phenoxy) is 2. The monoisotopic (exact) mass is 319 g/mol. The van der Waals surface area contributed by atoms with Crippen LogP contribution in [0.5, 0.6) is 0 Å². The quantitative estimate of drug-likeness (QED) is 0.515. The summed E-state index contributed by atoms with van der Waals surface area (Å²) in [6, 6.07) is 9.67. The fraction of sp³-hybridized carbons (Fsp3) is 0.632. The van der Waals surface area contributed by atoms with E-state index < -0.39 is 0 Å². The van der Waals surface area contributed by atoms with Gasteiger partial charge in [-0.25, -0.2) is 4.79 Å². The second-order valence-corrected chi connectivity index (χ2v) is 6.04. The average Bonchev–Trinajstić information content (AvgIpc) is 2.60. The molecular weight excluding hydrogens is 290 g/mol. The molecule has 1 aliphatic rings. The van der Waals surface area contributed by atoms with Crippen LogP contribution < -0.4 is 0 Å². The van der Waals surface area contributed by atoms with E-state index in [9.17, 15) is 4.79 Å². The van der Waals surface area contributed by atoms with Crippen LogP contribution in [0, 0.1) is 0 Å². The number of piperidine rings is 1. The summed E-state index contributed by atoms with van der Waals surface area (Å²) in [4.78, 5) is 14.9. The maximum Gasteiger partial charge on any atom is 0.328 e. The van der Waals surface area contributed by atoms with Gasteiger partial charge in [-0.2, -0.15) is 0 Å². The van der Waals surface area contributed by atoms with E-state index in [-0.39, 0.29) is 12.0 Å². The molecule has 1 aliphatic heterocycles. The van der Waals surface area contributed by atoms with Crippen molar-refractivity contribution in [1.29, 1.82) is 0 Å². The molecule has 0 aliphatic carbocycles. The molecule has 4 heteroatoms. The average molecular weight is 319 g/mol. The van der Waals surface area contributed by atoms with Crippen molar-refractivity contribution in [3.63, 3.8) is 0 Å². The number of likely N-dealkylation sites (tertiary alicyclic amines) is 1. The lowest BCUT2D eigenvalue weighted by atomic mass is 10.0. The zero-order valence-electron chi connectivity index (χ0n) is 14.2. The van der Waals surface area contributed by atoms with Crippen LogP contribution in [0.1, 0.15) is 50.6 Å². The zero-order valence-corrected chi connectivity index (χ0v) is 14.2. The van der Waals surface area contributed by atoms with Crippen molar-refractivity contribution < 1.29 is 14.3 Å². The number of benzene rings is 1. The molecule has 0 spiro atoms. The molecule has 0 amide bonds. The number of nitrogens with zero attached hydrogens (tertiary/aromatic N) is 1. The fourth-order valence-corrected chi connectivity index (χ4v) is 2.94. The van der Waals surface area contributed by atoms with Gasteiger partial charge in [0.05, 0.1) is 6.61 Å². The largest absolute Gasteiger partial charge is 0.462 e. The molecule has 0 unspecified atom stereocenters. The molecule has 4 nitrogen and oxygen atoms in total. The van der Waals surface area contributed by atoms with Crippen LogP contribution in [-0.4, -0.2) is 43.8 Å². The minimum atomic E-state index is -0.285. The lowest BCUT2D eigenvalue weighted by molar-refractivity contribution is -0.152. The molecule has 23 heavy (non-hydrogen) atoms. The van der Waals surface area contributed by atoms with E-state index in [4.69, 9.17) is 9.47 Å². The molecule has 0 saturated carbocycles. The Bertz CT molecular complexity index is 443. The van der Waals surface area contributed by atoms with Crippen LogP contribution in [0.25, 0.3) is 0 Å². The third kappa shape index (κ3) is 5.96. The van der Waals surface area contributed by atoms with E-state index in [1.165, 1.54) is 6.42 Å². The fourth-order valence-electron chi connectivity index (χ4n) is 2.94. The minimum absolute atomic E-state index is 0.155. The van der Waals surface area contributed by atoms with Gasteiger partial charge in [-0.1, -0.05) is 50.1 Å². The Morgan fingerprint density at radius 2 is 1.83 bits per heavy atom. The maximum absolute atomic E-state index is 12.6. The van der Waals surface area contributed by atoms with E-state index >= 15 is 0 Å². The first-order valence-corrected chi connectivity index (χ1v) is 8.86. The number of carbonyl (C=O) groups is 1. The molecule has 1 aromatic carbocycles. The zero-order chi connectivity index (χ0) is 16.3. The molecular formula is C19H29NO3. The normalized spacial score (nSPS) is 16.9. The summed E-state index contributed by atoms with van der Waals surface area (Å²) in [5, 5.41) is 0. The van der Waals surface area contributed by atoms with Crippen molar-refractivity contribution in [2.45, 2.75) is 45.1 Å². The van der Waals surface area contributed by atoms with Gasteiger partial charge in [-0.3, -0.25) is 4.90 Å². The first-order valence-electron chi connectivity index (χ1n) is 8.86.